The lowest BCUT2D eigenvalue weighted by Gasteiger charge is -2.32. The lowest BCUT2D eigenvalue weighted by Crippen LogP contribution is -2.38. The van der Waals surface area contributed by atoms with Gasteiger partial charge in [-0.2, -0.15) is 0 Å². The summed E-state index contributed by atoms with van der Waals surface area (Å²) in [5.74, 6) is 2.12. The van der Waals surface area contributed by atoms with Gasteiger partial charge in [-0.05, 0) is 51.0 Å². The van der Waals surface area contributed by atoms with Gasteiger partial charge in [0.05, 0.1) is 5.69 Å². The molecule has 0 unspecified atom stereocenters. The molecule has 0 bridgehead atoms. The third-order valence-electron chi connectivity index (χ3n) is 5.40. The number of amides is 1. The Bertz CT molecular complexity index is 665. The molecule has 0 aliphatic carbocycles. The number of aromatic nitrogens is 2. The zero-order chi connectivity index (χ0) is 17.6. The van der Waals surface area contributed by atoms with Crippen LogP contribution in [0.2, 0.25) is 0 Å². The maximum Gasteiger partial charge on any atom is 0.222 e. The van der Waals surface area contributed by atoms with Gasteiger partial charge >= 0.3 is 0 Å². The number of piperidine rings is 1. The molecule has 4 nitrogen and oxygen atoms in total. The molecule has 1 fully saturated rings. The summed E-state index contributed by atoms with van der Waals surface area (Å²) in [6, 6.07) is 10.3. The second-order valence-electron chi connectivity index (χ2n) is 7.24. The first-order chi connectivity index (χ1) is 12.1. The Hall–Kier alpha value is -2.10. The number of imidazole rings is 1. The first-order valence-electron chi connectivity index (χ1n) is 9.45. The fourth-order valence-corrected chi connectivity index (χ4v) is 3.61. The fourth-order valence-electron chi connectivity index (χ4n) is 3.61. The van der Waals surface area contributed by atoms with Crippen molar-refractivity contribution < 1.29 is 4.79 Å². The standard InChI is InChI=1S/C21H29N3O/c1-16-17(2)23-20(22-16)10-8-19-12-14-24(15-13-19)21(25)11-9-18-6-4-3-5-7-18/h3-7,19H,8-15H2,1-2H3,(H,22,23). The lowest BCUT2D eigenvalue weighted by atomic mass is 9.92. The van der Waals surface area contributed by atoms with Gasteiger partial charge in [0.1, 0.15) is 5.82 Å². The summed E-state index contributed by atoms with van der Waals surface area (Å²) < 4.78 is 0. The molecule has 1 saturated heterocycles. The highest BCUT2D eigenvalue weighted by Crippen LogP contribution is 2.23. The molecule has 0 saturated carbocycles. The molecule has 2 aromatic rings. The van der Waals surface area contributed by atoms with E-state index >= 15 is 0 Å². The Labute approximate surface area is 150 Å². The molecule has 25 heavy (non-hydrogen) atoms. The van der Waals surface area contributed by atoms with Gasteiger partial charge in [0.2, 0.25) is 5.91 Å². The van der Waals surface area contributed by atoms with E-state index in [0.29, 0.717) is 18.2 Å². The van der Waals surface area contributed by atoms with Crippen LogP contribution >= 0.6 is 0 Å². The van der Waals surface area contributed by atoms with Gasteiger partial charge in [-0.3, -0.25) is 4.79 Å². The van der Waals surface area contributed by atoms with Crippen molar-refractivity contribution in [2.45, 2.75) is 52.4 Å². The van der Waals surface area contributed by atoms with E-state index in [-0.39, 0.29) is 0 Å². The summed E-state index contributed by atoms with van der Waals surface area (Å²) in [7, 11) is 0. The monoisotopic (exact) mass is 339 g/mol. The highest BCUT2D eigenvalue weighted by molar-refractivity contribution is 5.76. The van der Waals surface area contributed by atoms with Crippen molar-refractivity contribution in [1.82, 2.24) is 14.9 Å². The van der Waals surface area contributed by atoms with Crippen LogP contribution in [0.1, 0.15) is 48.5 Å². The summed E-state index contributed by atoms with van der Waals surface area (Å²) in [6.45, 7) is 5.95. The van der Waals surface area contributed by atoms with E-state index in [0.717, 1.165) is 50.3 Å². The van der Waals surface area contributed by atoms with Crippen LogP contribution in [0.3, 0.4) is 0 Å². The third-order valence-corrected chi connectivity index (χ3v) is 5.40. The summed E-state index contributed by atoms with van der Waals surface area (Å²) >= 11 is 0. The van der Waals surface area contributed by atoms with Crippen molar-refractivity contribution in [3.05, 3.63) is 53.1 Å². The van der Waals surface area contributed by atoms with E-state index < -0.39 is 0 Å². The lowest BCUT2D eigenvalue weighted by molar-refractivity contribution is -0.132. The third kappa shape index (κ3) is 4.94. The van der Waals surface area contributed by atoms with E-state index in [1.54, 1.807) is 0 Å². The van der Waals surface area contributed by atoms with Crippen LogP contribution in [0.15, 0.2) is 30.3 Å². The SMILES string of the molecule is Cc1nc(CCC2CCN(C(=O)CCc3ccccc3)CC2)[nH]c1C. The summed E-state index contributed by atoms with van der Waals surface area (Å²) in [6.07, 6.45) is 5.89. The number of benzene rings is 1. The molecule has 1 aliphatic heterocycles. The largest absolute Gasteiger partial charge is 0.346 e. The van der Waals surface area contributed by atoms with Crippen molar-refractivity contribution in [1.29, 1.82) is 0 Å². The number of likely N-dealkylation sites (tertiary alicyclic amines) is 1. The van der Waals surface area contributed by atoms with Crippen molar-refractivity contribution in [3.8, 4) is 0 Å². The van der Waals surface area contributed by atoms with Crippen LogP contribution in [0.4, 0.5) is 0 Å². The maximum absolute atomic E-state index is 12.4. The molecule has 0 atom stereocenters. The second kappa shape index (κ2) is 8.32. The average molecular weight is 339 g/mol. The molecule has 4 heteroatoms. The molecule has 1 aromatic heterocycles. The predicted molar refractivity (Wildman–Crippen MR) is 100 cm³/mol. The van der Waals surface area contributed by atoms with Crippen molar-refractivity contribution in [2.75, 3.05) is 13.1 Å². The maximum atomic E-state index is 12.4. The number of carbonyl (C=O) groups is 1. The smallest absolute Gasteiger partial charge is 0.222 e. The predicted octanol–water partition coefficient (Wildman–Crippen LogP) is 3.83. The van der Waals surface area contributed by atoms with E-state index in [1.807, 2.05) is 18.2 Å². The van der Waals surface area contributed by atoms with E-state index in [1.165, 1.54) is 17.7 Å². The van der Waals surface area contributed by atoms with Crippen LogP contribution in [0.25, 0.3) is 0 Å². The topological polar surface area (TPSA) is 49.0 Å². The van der Waals surface area contributed by atoms with Gasteiger partial charge < -0.3 is 9.88 Å². The highest BCUT2D eigenvalue weighted by atomic mass is 16.2. The van der Waals surface area contributed by atoms with Gasteiger partial charge in [0.25, 0.3) is 0 Å². The second-order valence-corrected chi connectivity index (χ2v) is 7.24. The average Bonchev–Trinajstić information content (AvgIpc) is 2.97. The zero-order valence-corrected chi connectivity index (χ0v) is 15.4. The molecular formula is C21H29N3O. The minimum Gasteiger partial charge on any atom is -0.346 e. The first-order valence-corrected chi connectivity index (χ1v) is 9.45. The normalized spacial score (nSPS) is 15.5. The van der Waals surface area contributed by atoms with Gasteiger partial charge in [-0.15, -0.1) is 0 Å². The number of H-pyrrole nitrogens is 1. The van der Waals surface area contributed by atoms with E-state index in [9.17, 15) is 4.79 Å². The summed E-state index contributed by atoms with van der Waals surface area (Å²) in [5.41, 5.74) is 3.53. The van der Waals surface area contributed by atoms with Gasteiger partial charge in [-0.25, -0.2) is 4.98 Å². The Morgan fingerprint density at radius 3 is 2.52 bits per heavy atom. The molecule has 134 valence electrons. The molecule has 1 amide bonds. The molecule has 2 heterocycles. The van der Waals surface area contributed by atoms with Crippen molar-refractivity contribution >= 4 is 5.91 Å². The number of hydrogen-bond donors (Lipinski definition) is 1. The number of nitrogens with one attached hydrogen (secondary N) is 1. The van der Waals surface area contributed by atoms with E-state index in [4.69, 9.17) is 0 Å². The Morgan fingerprint density at radius 1 is 1.16 bits per heavy atom. The number of nitrogens with zero attached hydrogens (tertiary/aromatic N) is 2. The Morgan fingerprint density at radius 2 is 1.88 bits per heavy atom. The Kier molecular flexibility index (Phi) is 5.90. The highest BCUT2D eigenvalue weighted by Gasteiger charge is 2.22. The quantitative estimate of drug-likeness (QED) is 0.869. The van der Waals surface area contributed by atoms with Crippen LogP contribution in [-0.4, -0.2) is 33.9 Å². The number of carbonyl (C=O) groups excluding carboxylic acids is 1. The first kappa shape index (κ1) is 17.7. The molecule has 1 aromatic carbocycles. The number of hydrogen-bond acceptors (Lipinski definition) is 2. The molecule has 1 aliphatic rings. The van der Waals surface area contributed by atoms with Crippen LogP contribution in [0, 0.1) is 19.8 Å². The van der Waals surface area contributed by atoms with Crippen LogP contribution < -0.4 is 0 Å². The minimum atomic E-state index is 0.305. The van der Waals surface area contributed by atoms with Crippen LogP contribution in [0.5, 0.6) is 0 Å². The molecule has 0 radical (unpaired) electrons. The van der Waals surface area contributed by atoms with Crippen LogP contribution in [-0.2, 0) is 17.6 Å². The molecule has 1 N–H and O–H groups in total. The number of rotatable bonds is 6. The van der Waals surface area contributed by atoms with Gasteiger partial charge in [0.15, 0.2) is 0 Å². The molecule has 3 rings (SSSR count). The number of aromatic amines is 1. The number of aryl methyl sites for hydroxylation is 4. The molecule has 0 spiro atoms. The van der Waals surface area contributed by atoms with Crippen molar-refractivity contribution in [3.63, 3.8) is 0 Å². The van der Waals surface area contributed by atoms with E-state index in [2.05, 4.69) is 40.8 Å². The molecular weight excluding hydrogens is 310 g/mol. The zero-order valence-electron chi connectivity index (χ0n) is 15.4. The summed E-state index contributed by atoms with van der Waals surface area (Å²) in [4.78, 5) is 22.4. The van der Waals surface area contributed by atoms with Gasteiger partial charge in [-0.1, -0.05) is 30.3 Å². The van der Waals surface area contributed by atoms with Gasteiger partial charge in [0, 0.05) is 31.6 Å². The fraction of sp³-hybridized carbons (Fsp3) is 0.524. The summed E-state index contributed by atoms with van der Waals surface area (Å²) in [5, 5.41) is 0. The Balaban J connectivity index is 1.38. The van der Waals surface area contributed by atoms with Crippen molar-refractivity contribution in [2.24, 2.45) is 5.92 Å². The minimum absolute atomic E-state index is 0.305.